The number of aromatic nitrogens is 2. The summed E-state index contributed by atoms with van der Waals surface area (Å²) in [7, 11) is 0. The van der Waals surface area contributed by atoms with E-state index in [1.807, 2.05) is 47.8 Å². The molecule has 3 aromatic rings. The molecule has 1 amide bonds. The minimum Gasteiger partial charge on any atom is -0.322 e. The van der Waals surface area contributed by atoms with Crippen LogP contribution in [0.4, 0.5) is 11.4 Å². The van der Waals surface area contributed by atoms with Gasteiger partial charge in [-0.25, -0.2) is 0 Å². The average Bonchev–Trinajstić information content (AvgIpc) is 3.07. The molecule has 2 heterocycles. The van der Waals surface area contributed by atoms with Crippen molar-refractivity contribution in [3.05, 3.63) is 86.7 Å². The van der Waals surface area contributed by atoms with Gasteiger partial charge < -0.3 is 5.32 Å². The second kappa shape index (κ2) is 9.79. The highest BCUT2D eigenvalue weighted by molar-refractivity contribution is 8.16. The minimum atomic E-state index is -0.401. The van der Waals surface area contributed by atoms with E-state index in [2.05, 4.69) is 22.5 Å². The fourth-order valence-electron chi connectivity index (χ4n) is 3.69. The van der Waals surface area contributed by atoms with E-state index in [1.54, 1.807) is 30.7 Å². The number of hydrogen-bond acceptors (Lipinski definition) is 6. The van der Waals surface area contributed by atoms with Crippen LogP contribution in [-0.2, 0) is 6.54 Å². The van der Waals surface area contributed by atoms with Crippen molar-refractivity contribution < 1.29 is 9.72 Å². The normalized spacial score (nSPS) is 14.3. The number of carbonyl (C=O) groups excluding carboxylic acids is 1. The molecule has 9 heteroatoms. The van der Waals surface area contributed by atoms with E-state index >= 15 is 0 Å². The lowest BCUT2D eigenvalue weighted by Gasteiger charge is -2.21. The Morgan fingerprint density at radius 1 is 1.19 bits per heavy atom. The molecular weight excluding hydrogens is 444 g/mol. The van der Waals surface area contributed by atoms with Gasteiger partial charge in [-0.1, -0.05) is 24.3 Å². The number of nitrogens with zero attached hydrogens (tertiary/aromatic N) is 3. The zero-order valence-electron chi connectivity index (χ0n) is 17.9. The largest absolute Gasteiger partial charge is 0.322 e. The van der Waals surface area contributed by atoms with Crippen LogP contribution in [0, 0.1) is 24.0 Å². The van der Waals surface area contributed by atoms with E-state index in [9.17, 15) is 14.9 Å². The van der Waals surface area contributed by atoms with Gasteiger partial charge in [-0.05, 0) is 67.2 Å². The van der Waals surface area contributed by atoms with Crippen molar-refractivity contribution in [1.29, 1.82) is 0 Å². The standard InChI is InChI=1S/C23H24N4O3S2/c1-15-21(27(29)30)16(2)26(25-15)14-17-7-9-18(10-8-17)22(28)24-20-6-3-5-19(13-20)23-31-11-4-12-32-23/h3,5-10,13,23H,4,11-12,14H2,1-2H3,(H,24,28). The van der Waals surface area contributed by atoms with Crippen LogP contribution < -0.4 is 5.32 Å². The topological polar surface area (TPSA) is 90.1 Å². The van der Waals surface area contributed by atoms with Crippen molar-refractivity contribution in [2.45, 2.75) is 31.4 Å². The monoisotopic (exact) mass is 468 g/mol. The van der Waals surface area contributed by atoms with Gasteiger partial charge in [0.25, 0.3) is 5.91 Å². The van der Waals surface area contributed by atoms with E-state index < -0.39 is 4.92 Å². The summed E-state index contributed by atoms with van der Waals surface area (Å²) in [5.74, 6) is 2.18. The Morgan fingerprint density at radius 3 is 2.56 bits per heavy atom. The van der Waals surface area contributed by atoms with Crippen molar-refractivity contribution in [3.8, 4) is 0 Å². The molecule has 0 saturated carbocycles. The predicted octanol–water partition coefficient (Wildman–Crippen LogP) is 5.58. The van der Waals surface area contributed by atoms with Crippen LogP contribution in [0.3, 0.4) is 0 Å². The first-order valence-corrected chi connectivity index (χ1v) is 12.4. The number of nitro groups is 1. The summed E-state index contributed by atoms with van der Waals surface area (Å²) in [6.07, 6.45) is 1.24. The third-order valence-electron chi connectivity index (χ3n) is 5.32. The molecule has 32 heavy (non-hydrogen) atoms. The maximum atomic E-state index is 12.7. The van der Waals surface area contributed by atoms with Crippen molar-refractivity contribution >= 4 is 40.8 Å². The molecule has 0 bridgehead atoms. The zero-order valence-corrected chi connectivity index (χ0v) is 19.5. The Hall–Kier alpha value is -2.78. The Labute approximate surface area is 195 Å². The zero-order chi connectivity index (χ0) is 22.7. The predicted molar refractivity (Wildman–Crippen MR) is 131 cm³/mol. The quantitative estimate of drug-likeness (QED) is 0.375. The van der Waals surface area contributed by atoms with Gasteiger partial charge in [0.05, 0.1) is 16.1 Å². The van der Waals surface area contributed by atoms with Crippen LogP contribution in [-0.4, -0.2) is 32.1 Å². The lowest BCUT2D eigenvalue weighted by Crippen LogP contribution is -2.12. The van der Waals surface area contributed by atoms with Gasteiger partial charge in [0.2, 0.25) is 0 Å². The van der Waals surface area contributed by atoms with Crippen LogP contribution in [0.15, 0.2) is 48.5 Å². The highest BCUT2D eigenvalue weighted by Crippen LogP contribution is 2.44. The van der Waals surface area contributed by atoms with E-state index in [0.717, 1.165) is 11.3 Å². The molecule has 166 valence electrons. The summed E-state index contributed by atoms with van der Waals surface area (Å²) < 4.78 is 2.04. The fraction of sp³-hybridized carbons (Fsp3) is 0.304. The Kier molecular flexibility index (Phi) is 6.86. The molecule has 0 radical (unpaired) electrons. The van der Waals surface area contributed by atoms with Gasteiger partial charge in [-0.15, -0.1) is 23.5 Å². The van der Waals surface area contributed by atoms with E-state index in [-0.39, 0.29) is 11.6 Å². The average molecular weight is 469 g/mol. The molecule has 0 unspecified atom stereocenters. The number of aryl methyl sites for hydroxylation is 1. The highest BCUT2D eigenvalue weighted by Gasteiger charge is 2.22. The number of thioether (sulfide) groups is 2. The van der Waals surface area contributed by atoms with Gasteiger partial charge in [-0.2, -0.15) is 5.10 Å². The Bertz CT molecular complexity index is 1140. The molecule has 7 nitrogen and oxygen atoms in total. The third-order valence-corrected chi connectivity index (χ3v) is 8.33. The lowest BCUT2D eigenvalue weighted by molar-refractivity contribution is -0.386. The molecule has 0 atom stereocenters. The maximum Gasteiger partial charge on any atom is 0.312 e. The molecule has 1 saturated heterocycles. The van der Waals surface area contributed by atoms with Gasteiger partial charge in [0.15, 0.2) is 0 Å². The van der Waals surface area contributed by atoms with Gasteiger partial charge in [-0.3, -0.25) is 19.6 Å². The van der Waals surface area contributed by atoms with Gasteiger partial charge in [0, 0.05) is 11.3 Å². The molecule has 1 aliphatic rings. The number of anilines is 1. The molecular formula is C23H24N4O3S2. The third kappa shape index (κ3) is 4.99. The maximum absolute atomic E-state index is 12.7. The number of nitrogens with one attached hydrogen (secondary N) is 1. The number of benzene rings is 2. The minimum absolute atomic E-state index is 0.0493. The fourth-order valence-corrected chi connectivity index (χ4v) is 6.56. The second-order valence-electron chi connectivity index (χ2n) is 7.64. The summed E-state index contributed by atoms with van der Waals surface area (Å²) in [5, 5.41) is 18.5. The number of rotatable bonds is 6. The first-order chi connectivity index (χ1) is 15.4. The van der Waals surface area contributed by atoms with Gasteiger partial charge in [0.1, 0.15) is 11.4 Å². The lowest BCUT2D eigenvalue weighted by atomic mass is 10.1. The van der Waals surface area contributed by atoms with Crippen LogP contribution in [0.25, 0.3) is 0 Å². The summed E-state index contributed by atoms with van der Waals surface area (Å²) in [6.45, 7) is 3.73. The van der Waals surface area contributed by atoms with Crippen molar-refractivity contribution in [2.75, 3.05) is 16.8 Å². The molecule has 4 rings (SSSR count). The van der Waals surface area contributed by atoms with Crippen molar-refractivity contribution in [3.63, 3.8) is 0 Å². The van der Waals surface area contributed by atoms with E-state index in [1.165, 1.54) is 23.5 Å². The smallest absolute Gasteiger partial charge is 0.312 e. The molecule has 0 aliphatic carbocycles. The Balaban J connectivity index is 1.43. The molecule has 1 aliphatic heterocycles. The van der Waals surface area contributed by atoms with Crippen LogP contribution in [0.5, 0.6) is 0 Å². The molecule has 1 aromatic heterocycles. The van der Waals surface area contributed by atoms with E-state index in [4.69, 9.17) is 0 Å². The van der Waals surface area contributed by atoms with Crippen molar-refractivity contribution in [2.24, 2.45) is 0 Å². The van der Waals surface area contributed by atoms with Crippen LogP contribution in [0.1, 0.15) is 43.9 Å². The van der Waals surface area contributed by atoms with E-state index in [0.29, 0.717) is 28.1 Å². The number of amides is 1. The van der Waals surface area contributed by atoms with Gasteiger partial charge >= 0.3 is 5.69 Å². The van der Waals surface area contributed by atoms with Crippen LogP contribution >= 0.6 is 23.5 Å². The SMILES string of the molecule is Cc1nn(Cc2ccc(C(=O)Nc3cccc(C4SCCCS4)c3)cc2)c(C)c1[N+](=O)[O-]. The Morgan fingerprint density at radius 2 is 1.91 bits per heavy atom. The highest BCUT2D eigenvalue weighted by atomic mass is 32.2. The second-order valence-corrected chi connectivity index (χ2v) is 10.4. The summed E-state index contributed by atoms with van der Waals surface area (Å²) in [5.41, 5.74) is 4.45. The first kappa shape index (κ1) is 22.4. The molecule has 0 spiro atoms. The molecule has 2 aromatic carbocycles. The summed E-state index contributed by atoms with van der Waals surface area (Å²) in [6, 6.07) is 15.3. The molecule has 1 N–H and O–H groups in total. The van der Waals surface area contributed by atoms with Crippen molar-refractivity contribution in [1.82, 2.24) is 9.78 Å². The molecule has 1 fully saturated rings. The number of hydrogen-bond donors (Lipinski definition) is 1. The summed E-state index contributed by atoms with van der Waals surface area (Å²) >= 11 is 3.91. The van der Waals surface area contributed by atoms with Crippen LogP contribution in [0.2, 0.25) is 0 Å². The summed E-state index contributed by atoms with van der Waals surface area (Å²) in [4.78, 5) is 23.5. The number of carbonyl (C=O) groups is 1. The first-order valence-electron chi connectivity index (χ1n) is 10.3.